The van der Waals surface area contributed by atoms with Gasteiger partial charge in [-0.15, -0.1) is 0 Å². The molecule has 478 valence electrons. The van der Waals surface area contributed by atoms with Gasteiger partial charge in [-0.1, -0.05) is 65.0 Å². The van der Waals surface area contributed by atoms with E-state index in [-0.39, 0.29) is 82.4 Å². The predicted octanol–water partition coefficient (Wildman–Crippen LogP) is 2.97. The monoisotopic (exact) mass is 1210 g/mol. The van der Waals surface area contributed by atoms with Gasteiger partial charge in [-0.3, -0.25) is 38.5 Å². The summed E-state index contributed by atoms with van der Waals surface area (Å²) < 4.78 is 75.6. The lowest BCUT2D eigenvalue weighted by molar-refractivity contribution is -0.144. The Labute approximate surface area is 502 Å². The molecule has 86 heavy (non-hydrogen) atoms. The van der Waals surface area contributed by atoms with E-state index in [0.29, 0.717) is 98.3 Å². The summed E-state index contributed by atoms with van der Waals surface area (Å²) in [7, 11) is 0. The highest BCUT2D eigenvalue weighted by molar-refractivity contribution is 6.13. The zero-order chi connectivity index (χ0) is 62.9. The molecule has 2 aromatic carbocycles. The van der Waals surface area contributed by atoms with Crippen LogP contribution in [0.25, 0.3) is 11.3 Å². The van der Waals surface area contributed by atoms with Crippen LogP contribution >= 0.6 is 0 Å². The van der Waals surface area contributed by atoms with Gasteiger partial charge in [-0.05, 0) is 48.4 Å². The number of aromatic nitrogens is 2. The molecule has 3 atom stereocenters. The summed E-state index contributed by atoms with van der Waals surface area (Å²) in [5, 5.41) is 15.8. The molecule has 0 saturated heterocycles. The summed E-state index contributed by atoms with van der Waals surface area (Å²) >= 11 is 0. The fraction of sp³-hybridized carbons (Fsp3) is 0.600. The number of nitrogens with two attached hydrogens (primary N) is 1. The number of amides is 7. The average Bonchev–Trinajstić information content (AvgIpc) is 1.99. The first-order valence-corrected chi connectivity index (χ1v) is 29.0. The topological polar surface area (TPSA) is 291 Å². The molecule has 0 fully saturated rings. The zero-order valence-corrected chi connectivity index (χ0v) is 50.5. The first-order chi connectivity index (χ1) is 41.2. The lowest BCUT2D eigenvalue weighted by atomic mass is 9.84. The number of nitrogens with zero attached hydrogens (tertiary/aromatic N) is 5. The molecule has 0 aliphatic carbocycles. The average molecular weight is 1220 g/mol. The van der Waals surface area contributed by atoms with Gasteiger partial charge >= 0.3 is 0 Å². The summed E-state index contributed by atoms with van der Waals surface area (Å²) in [6, 6.07) is 9.47. The first kappa shape index (κ1) is 71.9. The van der Waals surface area contributed by atoms with Crippen LogP contribution in [0.15, 0.2) is 66.9 Å². The number of imidazole rings is 1. The van der Waals surface area contributed by atoms with E-state index in [1.165, 1.54) is 28.9 Å². The molecule has 1 aromatic heterocycles. The Morgan fingerprint density at radius 1 is 0.686 bits per heavy atom. The van der Waals surface area contributed by atoms with Crippen LogP contribution in [0.5, 0.6) is 0 Å². The number of ether oxygens (including phenoxy) is 8. The Morgan fingerprint density at radius 2 is 1.20 bits per heavy atom. The van der Waals surface area contributed by atoms with Crippen molar-refractivity contribution in [1.29, 1.82) is 0 Å². The van der Waals surface area contributed by atoms with E-state index in [1.807, 2.05) is 51.1 Å². The van der Waals surface area contributed by atoms with Crippen molar-refractivity contribution in [2.45, 2.75) is 85.5 Å². The Hall–Kier alpha value is -6.62. The molecule has 24 nitrogen and oxygen atoms in total. The summed E-state index contributed by atoms with van der Waals surface area (Å²) in [5.74, 6) is -5.00. The van der Waals surface area contributed by atoms with E-state index in [2.05, 4.69) is 10.6 Å². The van der Waals surface area contributed by atoms with Gasteiger partial charge in [0.1, 0.15) is 36.1 Å². The highest BCUT2D eigenvalue weighted by Crippen LogP contribution is 2.39. The molecule has 1 aliphatic rings. The number of carbonyl (C=O) groups excluding carboxylic acids is 7. The van der Waals surface area contributed by atoms with Crippen molar-refractivity contribution in [2.75, 3.05) is 138 Å². The molecule has 0 unspecified atom stereocenters. The van der Waals surface area contributed by atoms with Gasteiger partial charge in [0.15, 0.2) is 0 Å². The normalized spacial score (nSPS) is 13.5. The van der Waals surface area contributed by atoms with Crippen molar-refractivity contribution in [3.63, 3.8) is 0 Å². The number of aliphatic hydroxyl groups is 1. The summed E-state index contributed by atoms with van der Waals surface area (Å²) in [5.41, 5.74) is 5.94. The number of rotatable bonds is 45. The lowest BCUT2D eigenvalue weighted by Crippen LogP contribution is -2.56. The number of hydrogen-bond acceptors (Lipinski definition) is 17. The minimum absolute atomic E-state index is 0.0232. The summed E-state index contributed by atoms with van der Waals surface area (Å²) in [6.45, 7) is 15.5. The van der Waals surface area contributed by atoms with Crippen molar-refractivity contribution in [3.8, 4) is 11.3 Å². The van der Waals surface area contributed by atoms with E-state index < -0.39 is 83.1 Å². The Bertz CT molecular complexity index is 2590. The third-order valence-electron chi connectivity index (χ3n) is 13.4. The minimum atomic E-state index is -1.11. The summed E-state index contributed by atoms with van der Waals surface area (Å²) in [6.07, 6.45) is 4.02. The van der Waals surface area contributed by atoms with Crippen molar-refractivity contribution in [2.24, 2.45) is 17.1 Å². The zero-order valence-electron chi connectivity index (χ0n) is 50.5. The van der Waals surface area contributed by atoms with Crippen molar-refractivity contribution >= 4 is 41.4 Å². The third-order valence-corrected chi connectivity index (χ3v) is 13.4. The van der Waals surface area contributed by atoms with Gasteiger partial charge in [0, 0.05) is 69.5 Å². The van der Waals surface area contributed by atoms with Gasteiger partial charge < -0.3 is 73.7 Å². The molecule has 26 heteroatoms. The number of benzene rings is 2. The molecule has 0 radical (unpaired) electrons. The van der Waals surface area contributed by atoms with Gasteiger partial charge in [0.2, 0.25) is 29.5 Å². The van der Waals surface area contributed by atoms with Gasteiger partial charge in [-0.25, -0.2) is 13.8 Å². The molecule has 0 spiro atoms. The fourth-order valence-electron chi connectivity index (χ4n) is 8.88. The van der Waals surface area contributed by atoms with Crippen LogP contribution in [0.4, 0.5) is 8.78 Å². The van der Waals surface area contributed by atoms with Crippen LogP contribution in [-0.4, -0.2) is 221 Å². The highest BCUT2D eigenvalue weighted by Gasteiger charge is 2.39. The number of aliphatic hydroxyl groups excluding tert-OH is 1. The SMILES string of the molecule is CC(C)[C@H](NC(=O)CCOCCOCCOCCOCCOCCOCCOCCOCCNC(=O)CCN1C(=O)C=CC1=O)C(=O)N(CCCN(C(=O)CO)[C@@H](c1nc(-c2cc(F)ccc2F)cn1Cc1ccccc1)C(C)(C)C)[C@@H](C)C(N)=O. The maximum atomic E-state index is 15.2. The first-order valence-electron chi connectivity index (χ1n) is 29.0. The van der Waals surface area contributed by atoms with Crippen molar-refractivity contribution in [3.05, 3.63) is 89.9 Å². The van der Waals surface area contributed by atoms with Gasteiger partial charge in [0.25, 0.3) is 11.8 Å². The molecule has 4 rings (SSSR count). The second-order valence-corrected chi connectivity index (χ2v) is 21.4. The molecular weight excluding hydrogens is 1130 g/mol. The van der Waals surface area contributed by atoms with Crippen LogP contribution in [0.2, 0.25) is 0 Å². The molecule has 0 saturated carbocycles. The number of carbonyl (C=O) groups is 7. The van der Waals surface area contributed by atoms with E-state index >= 15 is 4.39 Å². The number of hydrogen-bond donors (Lipinski definition) is 4. The second-order valence-electron chi connectivity index (χ2n) is 21.4. The number of nitrogens with one attached hydrogen (secondary N) is 2. The van der Waals surface area contributed by atoms with E-state index in [1.54, 1.807) is 24.6 Å². The summed E-state index contributed by atoms with van der Waals surface area (Å²) in [4.78, 5) is 97.5. The quantitative estimate of drug-likeness (QED) is 0.0467. The van der Waals surface area contributed by atoms with Gasteiger partial charge in [-0.2, -0.15) is 0 Å². The molecule has 0 bridgehead atoms. The number of imide groups is 1. The largest absolute Gasteiger partial charge is 0.387 e. The van der Waals surface area contributed by atoms with Gasteiger partial charge in [0.05, 0.1) is 117 Å². The van der Waals surface area contributed by atoms with Crippen LogP contribution in [0.1, 0.15) is 78.2 Å². The molecule has 2 heterocycles. The Kier molecular flexibility index (Phi) is 32.8. The smallest absolute Gasteiger partial charge is 0.253 e. The van der Waals surface area contributed by atoms with Crippen LogP contribution < -0.4 is 16.4 Å². The molecule has 1 aliphatic heterocycles. The molecular formula is C60H88F2N8O16. The van der Waals surface area contributed by atoms with E-state index in [9.17, 15) is 43.1 Å². The lowest BCUT2D eigenvalue weighted by Gasteiger charge is -2.40. The molecule has 3 aromatic rings. The van der Waals surface area contributed by atoms with Crippen LogP contribution in [0.3, 0.4) is 0 Å². The highest BCUT2D eigenvalue weighted by atomic mass is 19.1. The van der Waals surface area contributed by atoms with Crippen molar-refractivity contribution < 1.29 is 85.3 Å². The maximum absolute atomic E-state index is 15.2. The molecule has 5 N–H and O–H groups in total. The number of halogens is 2. The fourth-order valence-corrected chi connectivity index (χ4v) is 8.88. The van der Waals surface area contributed by atoms with E-state index in [4.69, 9.17) is 48.6 Å². The molecule has 7 amide bonds. The minimum Gasteiger partial charge on any atom is -0.387 e. The van der Waals surface area contributed by atoms with E-state index in [0.717, 1.165) is 28.7 Å². The predicted molar refractivity (Wildman–Crippen MR) is 311 cm³/mol. The second kappa shape index (κ2) is 39.2. The number of primary amides is 1. The van der Waals surface area contributed by atoms with Crippen LogP contribution in [-0.2, 0) is 78.0 Å². The maximum Gasteiger partial charge on any atom is 0.253 e. The third kappa shape index (κ3) is 25.8. The Balaban J connectivity index is 1.08. The Morgan fingerprint density at radius 3 is 1.70 bits per heavy atom. The van der Waals surface area contributed by atoms with Crippen molar-refractivity contribution in [1.82, 2.24) is 34.9 Å². The van der Waals surface area contributed by atoms with Crippen LogP contribution in [0, 0.1) is 23.0 Å². The standard InChI is InChI=1S/C60H88F2N8O16/c1-43(2)55(66-51(73)18-23-79-25-27-81-29-31-83-33-35-85-37-38-86-36-34-84-32-30-82-28-26-80-24-19-64-50(72)17-22-69-52(74)15-16-53(69)75)59(78)68(44(3)57(63)77)20-10-21-70(54(76)42-71)56(60(4,5)6)58-65-49(47-39-46(61)13-14-48(47)62)41-67(58)40-45-11-8-7-9-12-45/h7-9,11-16,39,41,43-44,55-56,71H,10,17-38,40,42H2,1-6H3,(H2,63,77)(H,64,72)(H,66,73)/t44-,55-,56-/m0/s1.